The summed E-state index contributed by atoms with van der Waals surface area (Å²) in [5, 5.41) is 9.78. The molecule has 1 atom stereocenters. The zero-order chi connectivity index (χ0) is 19.0. The average Bonchev–Trinajstić information content (AvgIpc) is 2.98. The van der Waals surface area contributed by atoms with Gasteiger partial charge < -0.3 is 19.6 Å². The van der Waals surface area contributed by atoms with Crippen molar-refractivity contribution in [3.05, 3.63) is 17.8 Å². The van der Waals surface area contributed by atoms with Crippen LogP contribution in [0.4, 0.5) is 5.69 Å². The van der Waals surface area contributed by atoms with Crippen LogP contribution in [-0.2, 0) is 4.79 Å². The maximum absolute atomic E-state index is 13.4. The maximum Gasteiger partial charge on any atom is 0.230 e. The highest BCUT2D eigenvalue weighted by Gasteiger charge is 2.50. The number of ether oxygens (including phenoxy) is 1. The molecule has 6 nitrogen and oxygen atoms in total. The molecule has 3 aliphatic rings. The zero-order valence-corrected chi connectivity index (χ0v) is 16.5. The fourth-order valence-electron chi connectivity index (χ4n) is 5.25. The van der Waals surface area contributed by atoms with Crippen LogP contribution >= 0.6 is 0 Å². The van der Waals surface area contributed by atoms with E-state index in [1.165, 1.54) is 0 Å². The molecule has 6 heteroatoms. The topological polar surface area (TPSA) is 65.9 Å². The van der Waals surface area contributed by atoms with Gasteiger partial charge in [-0.3, -0.25) is 4.79 Å². The molecular formula is C21H31N3O3. The molecule has 3 fully saturated rings. The SMILES string of the molecule is COc1cc(C)c(N2CCC[C@]3(CCN([C@H]4CC[C@H](O)CC4)C3=O)C2)cn1. The van der Waals surface area contributed by atoms with E-state index in [9.17, 15) is 9.90 Å². The van der Waals surface area contributed by atoms with Crippen molar-refractivity contribution >= 4 is 11.6 Å². The highest BCUT2D eigenvalue weighted by Crippen LogP contribution is 2.43. The summed E-state index contributed by atoms with van der Waals surface area (Å²) in [4.78, 5) is 22.3. The first kappa shape index (κ1) is 18.5. The number of hydrogen-bond acceptors (Lipinski definition) is 5. The molecule has 2 aliphatic heterocycles. The fraction of sp³-hybridized carbons (Fsp3) is 0.714. The molecule has 1 aliphatic carbocycles. The molecule has 1 spiro atoms. The summed E-state index contributed by atoms with van der Waals surface area (Å²) >= 11 is 0. The summed E-state index contributed by atoms with van der Waals surface area (Å²) < 4.78 is 5.23. The summed E-state index contributed by atoms with van der Waals surface area (Å²) in [6, 6.07) is 2.28. The number of aromatic nitrogens is 1. The summed E-state index contributed by atoms with van der Waals surface area (Å²) in [5.74, 6) is 0.971. The lowest BCUT2D eigenvalue weighted by Gasteiger charge is -2.41. The minimum atomic E-state index is -0.249. The maximum atomic E-state index is 13.4. The number of aliphatic hydroxyl groups is 1. The first-order chi connectivity index (χ1) is 13.0. The summed E-state index contributed by atoms with van der Waals surface area (Å²) in [7, 11) is 1.63. The number of aliphatic hydroxyl groups excluding tert-OH is 1. The molecule has 2 saturated heterocycles. The van der Waals surface area contributed by atoms with Gasteiger partial charge in [-0.05, 0) is 57.4 Å². The molecule has 0 radical (unpaired) electrons. The summed E-state index contributed by atoms with van der Waals surface area (Å²) in [6.07, 6.45) is 8.20. The molecular weight excluding hydrogens is 342 g/mol. The smallest absolute Gasteiger partial charge is 0.230 e. The second kappa shape index (κ2) is 7.30. The minimum absolute atomic E-state index is 0.177. The second-order valence-electron chi connectivity index (χ2n) is 8.53. The van der Waals surface area contributed by atoms with Crippen LogP contribution in [0.1, 0.15) is 50.5 Å². The van der Waals surface area contributed by atoms with Gasteiger partial charge in [0, 0.05) is 31.7 Å². The van der Waals surface area contributed by atoms with Gasteiger partial charge in [-0.15, -0.1) is 0 Å². The molecule has 3 heterocycles. The lowest BCUT2D eigenvalue weighted by molar-refractivity contribution is -0.139. The molecule has 1 amide bonds. The standard InChI is InChI=1S/C21H31N3O3/c1-15-12-19(27-2)22-13-18(15)23-10-3-8-21(14-23)9-11-24(20(21)26)16-4-6-17(25)7-5-16/h12-13,16-17,25H,3-11,14H2,1-2H3/t16-,17-,21-/m0/s1. The number of rotatable bonds is 3. The molecule has 0 aromatic carbocycles. The van der Waals surface area contributed by atoms with Crippen LogP contribution < -0.4 is 9.64 Å². The Morgan fingerprint density at radius 1 is 1.22 bits per heavy atom. The number of aryl methyl sites for hydroxylation is 1. The van der Waals surface area contributed by atoms with Crippen LogP contribution in [0.15, 0.2) is 12.3 Å². The van der Waals surface area contributed by atoms with E-state index in [0.29, 0.717) is 17.8 Å². The number of piperidine rings is 1. The fourth-order valence-corrected chi connectivity index (χ4v) is 5.25. The number of hydrogen-bond donors (Lipinski definition) is 1. The molecule has 4 rings (SSSR count). The minimum Gasteiger partial charge on any atom is -0.481 e. The van der Waals surface area contributed by atoms with E-state index in [2.05, 4.69) is 21.7 Å². The van der Waals surface area contributed by atoms with Crippen LogP contribution in [0.5, 0.6) is 5.88 Å². The largest absolute Gasteiger partial charge is 0.481 e. The number of carbonyl (C=O) groups is 1. The Labute approximate surface area is 161 Å². The number of nitrogens with zero attached hydrogens (tertiary/aromatic N) is 3. The Balaban J connectivity index is 1.50. The molecule has 148 valence electrons. The predicted molar refractivity (Wildman–Crippen MR) is 104 cm³/mol. The number of amides is 1. The van der Waals surface area contributed by atoms with Crippen LogP contribution in [0.2, 0.25) is 0 Å². The molecule has 0 bridgehead atoms. The highest BCUT2D eigenvalue weighted by molar-refractivity contribution is 5.86. The van der Waals surface area contributed by atoms with Crippen molar-refractivity contribution in [1.82, 2.24) is 9.88 Å². The van der Waals surface area contributed by atoms with E-state index >= 15 is 0 Å². The summed E-state index contributed by atoms with van der Waals surface area (Å²) in [6.45, 7) is 4.70. The van der Waals surface area contributed by atoms with Gasteiger partial charge in [0.2, 0.25) is 11.8 Å². The molecule has 27 heavy (non-hydrogen) atoms. The zero-order valence-electron chi connectivity index (χ0n) is 16.5. The van der Waals surface area contributed by atoms with Crippen molar-refractivity contribution in [3.8, 4) is 5.88 Å². The van der Waals surface area contributed by atoms with Gasteiger partial charge in [0.1, 0.15) is 0 Å². The quantitative estimate of drug-likeness (QED) is 0.882. The van der Waals surface area contributed by atoms with E-state index in [1.807, 2.05) is 12.3 Å². The van der Waals surface area contributed by atoms with Gasteiger partial charge in [0.05, 0.1) is 30.5 Å². The Morgan fingerprint density at radius 2 is 2.00 bits per heavy atom. The molecule has 1 saturated carbocycles. The van der Waals surface area contributed by atoms with Crippen molar-refractivity contribution in [3.63, 3.8) is 0 Å². The van der Waals surface area contributed by atoms with Gasteiger partial charge in [-0.25, -0.2) is 4.98 Å². The van der Waals surface area contributed by atoms with Crippen molar-refractivity contribution in [1.29, 1.82) is 0 Å². The van der Waals surface area contributed by atoms with E-state index < -0.39 is 0 Å². The second-order valence-corrected chi connectivity index (χ2v) is 8.53. The Morgan fingerprint density at radius 3 is 2.70 bits per heavy atom. The highest BCUT2D eigenvalue weighted by atomic mass is 16.5. The molecule has 1 N–H and O–H groups in total. The summed E-state index contributed by atoms with van der Waals surface area (Å²) in [5.41, 5.74) is 2.00. The van der Waals surface area contributed by atoms with E-state index in [4.69, 9.17) is 4.74 Å². The van der Waals surface area contributed by atoms with Crippen LogP contribution in [0, 0.1) is 12.3 Å². The molecule has 1 aromatic rings. The Kier molecular flexibility index (Phi) is 5.01. The van der Waals surface area contributed by atoms with Gasteiger partial charge in [0.15, 0.2) is 0 Å². The third-order valence-corrected chi connectivity index (χ3v) is 6.84. The van der Waals surface area contributed by atoms with E-state index in [0.717, 1.165) is 75.8 Å². The van der Waals surface area contributed by atoms with Crippen LogP contribution in [0.25, 0.3) is 0 Å². The Bertz CT molecular complexity index is 702. The average molecular weight is 373 g/mol. The van der Waals surface area contributed by atoms with Gasteiger partial charge in [0.25, 0.3) is 0 Å². The van der Waals surface area contributed by atoms with Crippen molar-refractivity contribution in [2.75, 3.05) is 31.6 Å². The van der Waals surface area contributed by atoms with Crippen LogP contribution in [0.3, 0.4) is 0 Å². The monoisotopic (exact) mass is 373 g/mol. The number of pyridine rings is 1. The van der Waals surface area contributed by atoms with Crippen molar-refractivity contribution in [2.24, 2.45) is 5.41 Å². The number of anilines is 1. The Hall–Kier alpha value is -1.82. The van der Waals surface area contributed by atoms with E-state index in [-0.39, 0.29) is 11.5 Å². The van der Waals surface area contributed by atoms with Crippen LogP contribution in [-0.4, -0.2) is 59.8 Å². The predicted octanol–water partition coefficient (Wildman–Crippen LogP) is 2.52. The lowest BCUT2D eigenvalue weighted by atomic mass is 9.78. The number of likely N-dealkylation sites (tertiary alicyclic amines) is 1. The third-order valence-electron chi connectivity index (χ3n) is 6.84. The first-order valence-electron chi connectivity index (χ1n) is 10.3. The lowest BCUT2D eigenvalue weighted by Crippen LogP contribution is -2.50. The third kappa shape index (κ3) is 3.40. The van der Waals surface area contributed by atoms with Crippen molar-refractivity contribution < 1.29 is 14.6 Å². The van der Waals surface area contributed by atoms with Gasteiger partial charge >= 0.3 is 0 Å². The van der Waals surface area contributed by atoms with E-state index in [1.54, 1.807) is 7.11 Å². The normalized spacial score (nSPS) is 31.6. The molecule has 1 aromatic heterocycles. The first-order valence-corrected chi connectivity index (χ1v) is 10.3. The molecule has 0 unspecified atom stereocenters. The number of methoxy groups -OCH3 is 1. The van der Waals surface area contributed by atoms with Gasteiger partial charge in [-0.1, -0.05) is 0 Å². The van der Waals surface area contributed by atoms with Gasteiger partial charge in [-0.2, -0.15) is 0 Å². The number of carbonyl (C=O) groups excluding carboxylic acids is 1. The van der Waals surface area contributed by atoms with Crippen molar-refractivity contribution in [2.45, 2.75) is 64.0 Å².